The predicted molar refractivity (Wildman–Crippen MR) is 114 cm³/mol. The topological polar surface area (TPSA) is 73.2 Å². The van der Waals surface area contributed by atoms with Crippen molar-refractivity contribution in [1.82, 2.24) is 10.2 Å². The Morgan fingerprint density at radius 3 is 2.00 bits per heavy atom. The number of nitrogens with zero attached hydrogens (tertiary/aromatic N) is 2. The standard InChI is InChI=1S/C21H19N3O2S2/c22-15-21(16-7-3-1-4-8-16,17-9-5-2-6-10-17)11-12-28-20(27)24-13-18(25)23-19(26)14-24/h1-10H,11-14H2,(H,23,25,26). The molecule has 1 fully saturated rings. The number of nitriles is 1. The van der Waals surface area contributed by atoms with Gasteiger partial charge in [-0.15, -0.1) is 0 Å². The number of imide groups is 1. The number of hydrogen-bond acceptors (Lipinski definition) is 5. The molecule has 2 amide bonds. The van der Waals surface area contributed by atoms with Gasteiger partial charge in [0, 0.05) is 5.75 Å². The molecule has 0 saturated carbocycles. The van der Waals surface area contributed by atoms with E-state index in [4.69, 9.17) is 12.2 Å². The molecule has 0 atom stereocenters. The van der Waals surface area contributed by atoms with Gasteiger partial charge in [0.15, 0.2) is 0 Å². The number of thioether (sulfide) groups is 1. The summed E-state index contributed by atoms with van der Waals surface area (Å²) < 4.78 is 0.496. The molecule has 0 unspecified atom stereocenters. The maximum absolute atomic E-state index is 11.6. The van der Waals surface area contributed by atoms with Gasteiger partial charge in [0.1, 0.15) is 9.74 Å². The second kappa shape index (κ2) is 9.00. The molecule has 28 heavy (non-hydrogen) atoms. The minimum absolute atomic E-state index is 0.0817. The zero-order valence-electron chi connectivity index (χ0n) is 15.1. The van der Waals surface area contributed by atoms with E-state index in [9.17, 15) is 14.9 Å². The van der Waals surface area contributed by atoms with E-state index < -0.39 is 5.41 Å². The Morgan fingerprint density at radius 2 is 1.54 bits per heavy atom. The molecule has 0 spiro atoms. The number of rotatable bonds is 5. The highest BCUT2D eigenvalue weighted by Crippen LogP contribution is 2.36. The molecule has 142 valence electrons. The molecule has 2 aromatic rings. The van der Waals surface area contributed by atoms with Gasteiger partial charge in [0.05, 0.1) is 19.2 Å². The summed E-state index contributed by atoms with van der Waals surface area (Å²) in [6.07, 6.45) is 0.552. The summed E-state index contributed by atoms with van der Waals surface area (Å²) >= 11 is 6.80. The summed E-state index contributed by atoms with van der Waals surface area (Å²) in [5, 5.41) is 12.4. The van der Waals surface area contributed by atoms with E-state index in [-0.39, 0.29) is 24.9 Å². The third-order valence-corrected chi connectivity index (χ3v) is 6.16. The van der Waals surface area contributed by atoms with Crippen LogP contribution in [-0.2, 0) is 15.0 Å². The van der Waals surface area contributed by atoms with Gasteiger partial charge in [-0.1, -0.05) is 84.6 Å². The molecule has 0 aliphatic carbocycles. The van der Waals surface area contributed by atoms with Gasteiger partial charge in [-0.25, -0.2) is 0 Å². The van der Waals surface area contributed by atoms with E-state index in [0.29, 0.717) is 16.5 Å². The molecule has 2 aromatic carbocycles. The highest BCUT2D eigenvalue weighted by molar-refractivity contribution is 8.22. The Hall–Kier alpha value is -2.69. The van der Waals surface area contributed by atoms with Crippen LogP contribution in [0.4, 0.5) is 0 Å². The van der Waals surface area contributed by atoms with Crippen molar-refractivity contribution in [2.45, 2.75) is 11.8 Å². The van der Waals surface area contributed by atoms with Crippen LogP contribution in [0, 0.1) is 11.3 Å². The first kappa shape index (κ1) is 20.1. The van der Waals surface area contributed by atoms with Crippen LogP contribution in [0.5, 0.6) is 0 Å². The van der Waals surface area contributed by atoms with Gasteiger partial charge in [-0.05, 0) is 17.5 Å². The lowest BCUT2D eigenvalue weighted by Gasteiger charge is -2.30. The molecule has 1 aliphatic rings. The Balaban J connectivity index is 1.76. The summed E-state index contributed by atoms with van der Waals surface area (Å²) in [7, 11) is 0. The van der Waals surface area contributed by atoms with Crippen LogP contribution in [0.15, 0.2) is 60.7 Å². The minimum atomic E-state index is -0.791. The maximum atomic E-state index is 11.6. The minimum Gasteiger partial charge on any atom is -0.339 e. The van der Waals surface area contributed by atoms with Crippen LogP contribution in [-0.4, -0.2) is 39.9 Å². The molecule has 1 aliphatic heterocycles. The molecule has 1 heterocycles. The van der Waals surface area contributed by atoms with Crippen molar-refractivity contribution in [3.05, 3.63) is 71.8 Å². The van der Waals surface area contributed by atoms with Crippen LogP contribution in [0.25, 0.3) is 0 Å². The maximum Gasteiger partial charge on any atom is 0.246 e. The number of amides is 2. The summed E-state index contributed by atoms with van der Waals surface area (Å²) in [5.74, 6) is -0.110. The SMILES string of the molecule is N#CC(CCSC(=S)N1CC(=O)NC(=O)C1)(c1ccccc1)c1ccccc1. The lowest BCUT2D eigenvalue weighted by Crippen LogP contribution is -2.52. The molecule has 0 radical (unpaired) electrons. The number of nitrogens with one attached hydrogen (secondary N) is 1. The summed E-state index contributed by atoms with van der Waals surface area (Å²) in [6.45, 7) is 0.163. The lowest BCUT2D eigenvalue weighted by molar-refractivity contribution is -0.134. The van der Waals surface area contributed by atoms with E-state index in [0.717, 1.165) is 11.1 Å². The number of carbonyl (C=O) groups excluding carboxylic acids is 2. The third-order valence-electron chi connectivity index (χ3n) is 4.63. The normalized spacial score (nSPS) is 14.3. The Bertz CT molecular complexity index is 855. The molecule has 5 nitrogen and oxygen atoms in total. The molecular formula is C21H19N3O2S2. The highest BCUT2D eigenvalue weighted by Gasteiger charge is 2.34. The molecular weight excluding hydrogens is 390 g/mol. The van der Waals surface area contributed by atoms with Crippen LogP contribution >= 0.6 is 24.0 Å². The molecule has 7 heteroatoms. The van der Waals surface area contributed by atoms with Crippen molar-refractivity contribution >= 4 is 40.1 Å². The number of carbonyl (C=O) groups is 2. The summed E-state index contributed by atoms with van der Waals surface area (Å²) in [4.78, 5) is 24.7. The van der Waals surface area contributed by atoms with E-state index in [1.54, 1.807) is 4.90 Å². The van der Waals surface area contributed by atoms with Crippen LogP contribution in [0.2, 0.25) is 0 Å². The monoisotopic (exact) mass is 409 g/mol. The van der Waals surface area contributed by atoms with E-state index in [1.807, 2.05) is 60.7 Å². The summed E-state index contributed by atoms with van der Waals surface area (Å²) in [6, 6.07) is 22.0. The van der Waals surface area contributed by atoms with Gasteiger partial charge in [-0.3, -0.25) is 14.9 Å². The number of thiocarbonyl (C=S) groups is 1. The average molecular weight is 410 g/mol. The first-order chi connectivity index (χ1) is 13.5. The molecule has 0 bridgehead atoms. The smallest absolute Gasteiger partial charge is 0.246 e. The third kappa shape index (κ3) is 4.41. The van der Waals surface area contributed by atoms with Crippen molar-refractivity contribution in [2.75, 3.05) is 18.8 Å². The Morgan fingerprint density at radius 1 is 1.04 bits per heavy atom. The van der Waals surface area contributed by atoms with E-state index in [2.05, 4.69) is 11.4 Å². The second-order valence-electron chi connectivity index (χ2n) is 6.44. The second-order valence-corrected chi connectivity index (χ2v) is 8.17. The van der Waals surface area contributed by atoms with Crippen LogP contribution < -0.4 is 5.32 Å². The molecule has 3 rings (SSSR count). The fourth-order valence-corrected chi connectivity index (χ4v) is 4.51. The van der Waals surface area contributed by atoms with Gasteiger partial charge >= 0.3 is 0 Å². The fourth-order valence-electron chi connectivity index (χ4n) is 3.23. The van der Waals surface area contributed by atoms with Crippen molar-refractivity contribution in [3.63, 3.8) is 0 Å². The fraction of sp³-hybridized carbons (Fsp3) is 0.238. The van der Waals surface area contributed by atoms with Crippen molar-refractivity contribution in [1.29, 1.82) is 5.26 Å². The zero-order valence-corrected chi connectivity index (χ0v) is 16.8. The summed E-state index contributed by atoms with van der Waals surface area (Å²) in [5.41, 5.74) is 1.07. The number of piperazine rings is 1. The molecule has 0 aromatic heterocycles. The van der Waals surface area contributed by atoms with Crippen LogP contribution in [0.1, 0.15) is 17.5 Å². The number of benzene rings is 2. The first-order valence-electron chi connectivity index (χ1n) is 8.82. The molecule has 1 N–H and O–H groups in total. The van der Waals surface area contributed by atoms with Crippen molar-refractivity contribution < 1.29 is 9.59 Å². The Kier molecular flexibility index (Phi) is 6.45. The predicted octanol–water partition coefficient (Wildman–Crippen LogP) is 2.86. The quantitative estimate of drug-likeness (QED) is 0.605. The van der Waals surface area contributed by atoms with E-state index >= 15 is 0 Å². The first-order valence-corrected chi connectivity index (χ1v) is 10.2. The number of hydrogen-bond donors (Lipinski definition) is 1. The van der Waals surface area contributed by atoms with Gasteiger partial charge in [0.25, 0.3) is 0 Å². The molecule has 1 saturated heterocycles. The van der Waals surface area contributed by atoms with Crippen LogP contribution in [0.3, 0.4) is 0 Å². The van der Waals surface area contributed by atoms with Crippen molar-refractivity contribution in [3.8, 4) is 6.07 Å². The largest absolute Gasteiger partial charge is 0.339 e. The van der Waals surface area contributed by atoms with Crippen molar-refractivity contribution in [2.24, 2.45) is 0 Å². The van der Waals surface area contributed by atoms with E-state index in [1.165, 1.54) is 11.8 Å². The highest BCUT2D eigenvalue weighted by atomic mass is 32.2. The average Bonchev–Trinajstić information content (AvgIpc) is 2.72. The Labute approximate surface area is 173 Å². The lowest BCUT2D eigenvalue weighted by atomic mass is 9.74. The zero-order chi connectivity index (χ0) is 20.0. The van der Waals surface area contributed by atoms with Gasteiger partial charge < -0.3 is 4.90 Å². The van der Waals surface area contributed by atoms with Gasteiger partial charge in [-0.2, -0.15) is 5.26 Å². The van der Waals surface area contributed by atoms with Gasteiger partial charge in [0.2, 0.25) is 11.8 Å².